The maximum Gasteiger partial charge on any atom is 0.417 e. The fourth-order valence-electron chi connectivity index (χ4n) is 1.37. The van der Waals surface area contributed by atoms with Gasteiger partial charge in [-0.05, 0) is 30.0 Å². The summed E-state index contributed by atoms with van der Waals surface area (Å²) in [7, 11) is 0. The Hall–Kier alpha value is -0.890. The van der Waals surface area contributed by atoms with E-state index in [4.69, 9.17) is 11.6 Å². The van der Waals surface area contributed by atoms with Gasteiger partial charge in [-0.1, -0.05) is 0 Å². The largest absolute Gasteiger partial charge is 0.417 e. The first-order chi connectivity index (χ1) is 8.48. The van der Waals surface area contributed by atoms with Crippen LogP contribution in [0.1, 0.15) is 21.5 Å². The Kier molecular flexibility index (Phi) is 4.46. The van der Waals surface area contributed by atoms with E-state index in [-0.39, 0.29) is 6.07 Å². The maximum absolute atomic E-state index is 12.7. The molecule has 0 atom stereocenters. The Morgan fingerprint density at radius 3 is 1.95 bits per heavy atom. The third-order valence-corrected chi connectivity index (χ3v) is 3.10. The highest BCUT2D eigenvalue weighted by atomic mass is 35.5. The molecular weight excluding hydrogens is 318 g/mol. The molecule has 0 spiro atoms. The van der Waals surface area contributed by atoms with Crippen LogP contribution in [0.4, 0.5) is 26.3 Å². The normalized spacial score (nSPS) is 12.6. The summed E-state index contributed by atoms with van der Waals surface area (Å²) in [6.07, 6.45) is -8.80. The zero-order valence-electron chi connectivity index (χ0n) is 9.12. The SMILES string of the molecule is CSc1cc(C(F)(F)F)cc(C(F)(F)F)c1C(=O)Cl. The predicted octanol–water partition coefficient (Wildman–Crippen LogP) is 4.83. The average Bonchev–Trinajstić information content (AvgIpc) is 2.24. The molecule has 0 aliphatic heterocycles. The van der Waals surface area contributed by atoms with Crippen LogP contribution >= 0.6 is 23.4 Å². The molecule has 0 unspecified atom stereocenters. The summed E-state index contributed by atoms with van der Waals surface area (Å²) in [6.45, 7) is 0. The summed E-state index contributed by atoms with van der Waals surface area (Å²) in [5.74, 6) is 0. The molecule has 1 rings (SSSR count). The van der Waals surface area contributed by atoms with Crippen molar-refractivity contribution in [3.05, 3.63) is 28.8 Å². The van der Waals surface area contributed by atoms with E-state index in [9.17, 15) is 31.1 Å². The van der Waals surface area contributed by atoms with E-state index in [0.717, 1.165) is 0 Å². The van der Waals surface area contributed by atoms with Crippen molar-refractivity contribution >= 4 is 28.6 Å². The standard InChI is InChI=1S/C10H5ClF6OS/c1-19-6-3-4(9(12,13)14)2-5(10(15,16)17)7(6)8(11)18/h2-3H,1H3. The highest BCUT2D eigenvalue weighted by molar-refractivity contribution is 7.98. The molecule has 0 amide bonds. The Labute approximate surface area is 112 Å². The molecule has 0 radical (unpaired) electrons. The van der Waals surface area contributed by atoms with Gasteiger partial charge in [0.05, 0.1) is 16.7 Å². The van der Waals surface area contributed by atoms with Crippen LogP contribution in [0, 0.1) is 0 Å². The molecule has 0 saturated carbocycles. The monoisotopic (exact) mass is 322 g/mol. The van der Waals surface area contributed by atoms with E-state index in [2.05, 4.69) is 0 Å². The van der Waals surface area contributed by atoms with Gasteiger partial charge in [-0.15, -0.1) is 11.8 Å². The van der Waals surface area contributed by atoms with Crippen molar-refractivity contribution < 1.29 is 31.1 Å². The minimum Gasteiger partial charge on any atom is -0.276 e. The molecule has 9 heteroatoms. The molecular formula is C10H5ClF6OS. The molecule has 19 heavy (non-hydrogen) atoms. The topological polar surface area (TPSA) is 17.1 Å². The summed E-state index contributed by atoms with van der Waals surface area (Å²) in [5.41, 5.74) is -4.13. The van der Waals surface area contributed by atoms with Crippen molar-refractivity contribution in [3.63, 3.8) is 0 Å². The minimum atomic E-state index is -5.11. The van der Waals surface area contributed by atoms with Gasteiger partial charge in [0, 0.05) is 4.90 Å². The minimum absolute atomic E-state index is 0.116. The van der Waals surface area contributed by atoms with Gasteiger partial charge in [-0.2, -0.15) is 26.3 Å². The van der Waals surface area contributed by atoms with E-state index in [0.29, 0.717) is 17.8 Å². The molecule has 0 bridgehead atoms. The number of alkyl halides is 6. The van der Waals surface area contributed by atoms with E-state index < -0.39 is 39.2 Å². The number of hydrogen-bond donors (Lipinski definition) is 0. The molecule has 0 aliphatic carbocycles. The van der Waals surface area contributed by atoms with Gasteiger partial charge in [-0.25, -0.2) is 0 Å². The molecule has 0 aromatic heterocycles. The van der Waals surface area contributed by atoms with Crippen molar-refractivity contribution in [2.75, 3.05) is 6.26 Å². The highest BCUT2D eigenvalue weighted by Crippen LogP contribution is 2.41. The van der Waals surface area contributed by atoms with Crippen LogP contribution in [-0.4, -0.2) is 11.5 Å². The predicted molar refractivity (Wildman–Crippen MR) is 58.4 cm³/mol. The van der Waals surface area contributed by atoms with E-state index >= 15 is 0 Å². The van der Waals surface area contributed by atoms with E-state index in [1.807, 2.05) is 0 Å². The number of benzene rings is 1. The highest BCUT2D eigenvalue weighted by Gasteiger charge is 2.40. The Morgan fingerprint density at radius 1 is 1.11 bits per heavy atom. The van der Waals surface area contributed by atoms with E-state index in [1.165, 1.54) is 6.26 Å². The van der Waals surface area contributed by atoms with Crippen molar-refractivity contribution in [1.82, 2.24) is 0 Å². The summed E-state index contributed by atoms with van der Waals surface area (Å²) in [5, 5.41) is -1.45. The van der Waals surface area contributed by atoms with Crippen LogP contribution in [0.2, 0.25) is 0 Å². The van der Waals surface area contributed by atoms with Gasteiger partial charge < -0.3 is 0 Å². The lowest BCUT2D eigenvalue weighted by atomic mass is 10.0. The third-order valence-electron chi connectivity index (χ3n) is 2.15. The fourth-order valence-corrected chi connectivity index (χ4v) is 2.28. The molecule has 1 nitrogen and oxygen atoms in total. The number of thioether (sulfide) groups is 1. The maximum atomic E-state index is 12.7. The van der Waals surface area contributed by atoms with Crippen LogP contribution in [0.3, 0.4) is 0 Å². The smallest absolute Gasteiger partial charge is 0.276 e. The lowest BCUT2D eigenvalue weighted by Gasteiger charge is -2.17. The first-order valence-electron chi connectivity index (χ1n) is 4.54. The molecule has 106 valence electrons. The third kappa shape index (κ3) is 3.56. The van der Waals surface area contributed by atoms with Gasteiger partial charge in [0.15, 0.2) is 0 Å². The number of halogens is 7. The van der Waals surface area contributed by atoms with Crippen LogP contribution in [-0.2, 0) is 12.4 Å². The van der Waals surface area contributed by atoms with Gasteiger partial charge in [0.2, 0.25) is 0 Å². The summed E-state index contributed by atoms with van der Waals surface area (Å²) >= 11 is 5.61. The summed E-state index contributed by atoms with van der Waals surface area (Å²) in [4.78, 5) is 10.6. The number of rotatable bonds is 2. The van der Waals surface area contributed by atoms with Crippen LogP contribution in [0.15, 0.2) is 17.0 Å². The van der Waals surface area contributed by atoms with Gasteiger partial charge in [-0.3, -0.25) is 4.79 Å². The second kappa shape index (κ2) is 5.24. The first kappa shape index (κ1) is 16.2. The average molecular weight is 323 g/mol. The first-order valence-corrected chi connectivity index (χ1v) is 6.15. The molecule has 0 heterocycles. The quantitative estimate of drug-likeness (QED) is 0.441. The van der Waals surface area contributed by atoms with Gasteiger partial charge in [0.25, 0.3) is 5.24 Å². The Morgan fingerprint density at radius 2 is 1.63 bits per heavy atom. The Bertz CT molecular complexity index is 508. The van der Waals surface area contributed by atoms with Gasteiger partial charge >= 0.3 is 12.4 Å². The molecule has 0 fully saturated rings. The van der Waals surface area contributed by atoms with Crippen molar-refractivity contribution in [2.24, 2.45) is 0 Å². The summed E-state index contributed by atoms with van der Waals surface area (Å²) < 4.78 is 75.6. The molecule has 1 aromatic carbocycles. The molecule has 1 aromatic rings. The van der Waals surface area contributed by atoms with Crippen LogP contribution in [0.25, 0.3) is 0 Å². The van der Waals surface area contributed by atoms with Crippen molar-refractivity contribution in [1.29, 1.82) is 0 Å². The molecule has 0 saturated heterocycles. The van der Waals surface area contributed by atoms with Crippen LogP contribution < -0.4 is 0 Å². The molecule has 0 aliphatic rings. The van der Waals surface area contributed by atoms with Crippen LogP contribution in [0.5, 0.6) is 0 Å². The lowest BCUT2D eigenvalue weighted by molar-refractivity contribution is -0.143. The Balaban J connectivity index is 3.70. The summed E-state index contributed by atoms with van der Waals surface area (Å²) in [6, 6.07) is 0.352. The zero-order valence-corrected chi connectivity index (χ0v) is 10.7. The van der Waals surface area contributed by atoms with Crippen molar-refractivity contribution in [3.8, 4) is 0 Å². The number of carbonyl (C=O) groups is 1. The zero-order chi connectivity index (χ0) is 15.0. The van der Waals surface area contributed by atoms with E-state index in [1.54, 1.807) is 0 Å². The second-order valence-corrected chi connectivity index (χ2v) is 4.56. The van der Waals surface area contributed by atoms with Crippen molar-refractivity contribution in [2.45, 2.75) is 17.2 Å². The molecule has 0 N–H and O–H groups in total. The second-order valence-electron chi connectivity index (χ2n) is 3.37. The number of hydrogen-bond acceptors (Lipinski definition) is 2. The number of carbonyl (C=O) groups excluding carboxylic acids is 1. The van der Waals surface area contributed by atoms with Gasteiger partial charge in [0.1, 0.15) is 0 Å². The fraction of sp³-hybridized carbons (Fsp3) is 0.300. The lowest BCUT2D eigenvalue weighted by Crippen LogP contribution is -2.16.